The Labute approximate surface area is 145 Å². The molecule has 0 aliphatic carbocycles. The molecular weight excluding hydrogens is 324 g/mol. The standard InChI is InChI=1S/C18H18N2OS2/c1-12-4-7-17(14(3)8-12)22-10-18(21)20-16-6-5-15(23-11-19)9-13(16)2/h4-9H,10H2,1-3H3,(H,20,21). The molecule has 1 amide bonds. The summed E-state index contributed by atoms with van der Waals surface area (Å²) in [5.41, 5.74) is 4.16. The summed E-state index contributed by atoms with van der Waals surface area (Å²) in [7, 11) is 0. The normalized spacial score (nSPS) is 10.2. The van der Waals surface area contributed by atoms with E-state index in [1.807, 2.05) is 30.5 Å². The number of nitriles is 1. The van der Waals surface area contributed by atoms with Crippen LogP contribution in [0.3, 0.4) is 0 Å². The third kappa shape index (κ3) is 5.05. The Morgan fingerprint density at radius 2 is 1.91 bits per heavy atom. The summed E-state index contributed by atoms with van der Waals surface area (Å²) in [4.78, 5) is 14.1. The molecule has 118 valence electrons. The highest BCUT2D eigenvalue weighted by Crippen LogP contribution is 2.25. The van der Waals surface area contributed by atoms with Gasteiger partial charge in [0.1, 0.15) is 5.40 Å². The van der Waals surface area contributed by atoms with E-state index in [2.05, 4.69) is 37.4 Å². The first kappa shape index (κ1) is 17.5. The van der Waals surface area contributed by atoms with Crippen LogP contribution >= 0.6 is 23.5 Å². The zero-order chi connectivity index (χ0) is 16.8. The second kappa shape index (κ2) is 8.09. The van der Waals surface area contributed by atoms with E-state index in [9.17, 15) is 4.79 Å². The number of carbonyl (C=O) groups excluding carboxylic acids is 1. The summed E-state index contributed by atoms with van der Waals surface area (Å²) >= 11 is 2.66. The van der Waals surface area contributed by atoms with Crippen LogP contribution in [-0.4, -0.2) is 11.7 Å². The number of nitrogens with zero attached hydrogens (tertiary/aromatic N) is 1. The lowest BCUT2D eigenvalue weighted by Gasteiger charge is -2.10. The van der Waals surface area contributed by atoms with E-state index in [0.29, 0.717) is 5.75 Å². The van der Waals surface area contributed by atoms with Crippen LogP contribution in [0.15, 0.2) is 46.2 Å². The summed E-state index contributed by atoms with van der Waals surface area (Å²) in [6.45, 7) is 6.04. The number of benzene rings is 2. The van der Waals surface area contributed by atoms with Crippen LogP contribution in [0.2, 0.25) is 0 Å². The second-order valence-electron chi connectivity index (χ2n) is 5.28. The minimum atomic E-state index is -0.0289. The molecule has 0 saturated carbocycles. The van der Waals surface area contributed by atoms with Crippen LogP contribution in [0.5, 0.6) is 0 Å². The van der Waals surface area contributed by atoms with Crippen molar-refractivity contribution in [2.75, 3.05) is 11.1 Å². The lowest BCUT2D eigenvalue weighted by Crippen LogP contribution is -2.14. The Balaban J connectivity index is 1.96. The lowest BCUT2D eigenvalue weighted by molar-refractivity contribution is -0.113. The zero-order valence-corrected chi connectivity index (χ0v) is 15.0. The fourth-order valence-electron chi connectivity index (χ4n) is 2.18. The number of thioether (sulfide) groups is 2. The van der Waals surface area contributed by atoms with Crippen LogP contribution < -0.4 is 5.32 Å². The Morgan fingerprint density at radius 3 is 2.57 bits per heavy atom. The van der Waals surface area contributed by atoms with Crippen molar-refractivity contribution in [1.29, 1.82) is 5.26 Å². The minimum absolute atomic E-state index is 0.0289. The Kier molecular flexibility index (Phi) is 6.14. The van der Waals surface area contributed by atoms with Gasteiger partial charge in [0, 0.05) is 15.5 Å². The molecule has 2 rings (SSSR count). The maximum absolute atomic E-state index is 12.1. The van der Waals surface area contributed by atoms with E-state index >= 15 is 0 Å². The van der Waals surface area contributed by atoms with Crippen LogP contribution in [0, 0.1) is 31.4 Å². The van der Waals surface area contributed by atoms with Crippen molar-refractivity contribution >= 4 is 35.1 Å². The van der Waals surface area contributed by atoms with Crippen LogP contribution in [0.4, 0.5) is 5.69 Å². The molecule has 0 aromatic heterocycles. The predicted molar refractivity (Wildman–Crippen MR) is 97.9 cm³/mol. The molecule has 0 radical (unpaired) electrons. The van der Waals surface area contributed by atoms with E-state index in [4.69, 9.17) is 5.26 Å². The van der Waals surface area contributed by atoms with E-state index < -0.39 is 0 Å². The maximum atomic E-state index is 12.1. The monoisotopic (exact) mass is 342 g/mol. The van der Waals surface area contributed by atoms with Gasteiger partial charge in [0.25, 0.3) is 0 Å². The van der Waals surface area contributed by atoms with E-state index in [1.54, 1.807) is 11.8 Å². The van der Waals surface area contributed by atoms with E-state index in [0.717, 1.165) is 32.8 Å². The van der Waals surface area contributed by atoms with Gasteiger partial charge in [-0.1, -0.05) is 17.7 Å². The molecule has 0 unspecified atom stereocenters. The Morgan fingerprint density at radius 1 is 1.13 bits per heavy atom. The molecule has 0 bridgehead atoms. The zero-order valence-electron chi connectivity index (χ0n) is 13.3. The molecule has 0 aliphatic heterocycles. The fraction of sp³-hybridized carbons (Fsp3) is 0.222. The smallest absolute Gasteiger partial charge is 0.234 e. The van der Waals surface area contributed by atoms with Gasteiger partial charge in [-0.15, -0.1) is 11.8 Å². The number of nitrogens with one attached hydrogen (secondary N) is 1. The summed E-state index contributed by atoms with van der Waals surface area (Å²) in [6.07, 6.45) is 0. The largest absolute Gasteiger partial charge is 0.325 e. The number of hydrogen-bond donors (Lipinski definition) is 1. The topological polar surface area (TPSA) is 52.9 Å². The van der Waals surface area contributed by atoms with Gasteiger partial charge < -0.3 is 5.32 Å². The number of aryl methyl sites for hydroxylation is 3. The number of carbonyl (C=O) groups is 1. The van der Waals surface area contributed by atoms with Crippen molar-refractivity contribution in [2.24, 2.45) is 0 Å². The Bertz CT molecular complexity index is 766. The predicted octanol–water partition coefficient (Wildman–Crippen LogP) is 4.92. The third-order valence-corrected chi connectivity index (χ3v) is 5.08. The first-order valence-corrected chi connectivity index (χ1v) is 8.96. The van der Waals surface area contributed by atoms with Crippen LogP contribution in [0.25, 0.3) is 0 Å². The van der Waals surface area contributed by atoms with Crippen molar-refractivity contribution in [1.82, 2.24) is 0 Å². The molecule has 0 heterocycles. The van der Waals surface area contributed by atoms with Gasteiger partial charge in [-0.3, -0.25) is 4.79 Å². The van der Waals surface area contributed by atoms with Gasteiger partial charge >= 0.3 is 0 Å². The van der Waals surface area contributed by atoms with Crippen LogP contribution in [-0.2, 0) is 4.79 Å². The van der Waals surface area contributed by atoms with Gasteiger partial charge in [0.05, 0.1) is 5.75 Å². The quantitative estimate of drug-likeness (QED) is 0.619. The summed E-state index contributed by atoms with van der Waals surface area (Å²) in [5, 5.41) is 13.7. The second-order valence-corrected chi connectivity index (χ2v) is 7.15. The van der Waals surface area contributed by atoms with Gasteiger partial charge in [0.2, 0.25) is 5.91 Å². The summed E-state index contributed by atoms with van der Waals surface area (Å²) in [5.74, 6) is 0.344. The molecule has 0 spiro atoms. The van der Waals surface area contributed by atoms with Crippen molar-refractivity contribution in [3.05, 3.63) is 53.1 Å². The SMILES string of the molecule is Cc1ccc(SCC(=O)Nc2ccc(SC#N)cc2C)c(C)c1. The molecule has 23 heavy (non-hydrogen) atoms. The molecule has 2 aromatic carbocycles. The van der Waals surface area contributed by atoms with Gasteiger partial charge in [-0.2, -0.15) is 5.26 Å². The number of rotatable bonds is 5. The average Bonchev–Trinajstić information content (AvgIpc) is 2.49. The molecule has 2 aromatic rings. The summed E-state index contributed by atoms with van der Waals surface area (Å²) < 4.78 is 0. The molecule has 0 aliphatic rings. The molecule has 0 saturated heterocycles. The van der Waals surface area contributed by atoms with Crippen molar-refractivity contribution < 1.29 is 4.79 Å². The maximum Gasteiger partial charge on any atom is 0.234 e. The van der Waals surface area contributed by atoms with Gasteiger partial charge in [-0.05, 0) is 67.9 Å². The average molecular weight is 342 g/mol. The van der Waals surface area contributed by atoms with E-state index in [-0.39, 0.29) is 5.91 Å². The van der Waals surface area contributed by atoms with Crippen molar-refractivity contribution in [2.45, 2.75) is 30.6 Å². The molecule has 3 nitrogen and oxygen atoms in total. The number of hydrogen-bond acceptors (Lipinski definition) is 4. The van der Waals surface area contributed by atoms with Crippen molar-refractivity contribution in [3.63, 3.8) is 0 Å². The third-order valence-electron chi connectivity index (χ3n) is 3.32. The lowest BCUT2D eigenvalue weighted by atomic mass is 10.2. The number of anilines is 1. The van der Waals surface area contributed by atoms with Gasteiger partial charge in [0.15, 0.2) is 0 Å². The molecule has 1 N–H and O–H groups in total. The highest BCUT2D eigenvalue weighted by molar-refractivity contribution is 8.03. The highest BCUT2D eigenvalue weighted by atomic mass is 32.2. The number of amides is 1. The molecule has 0 atom stereocenters. The van der Waals surface area contributed by atoms with Gasteiger partial charge in [-0.25, -0.2) is 0 Å². The van der Waals surface area contributed by atoms with Crippen LogP contribution in [0.1, 0.15) is 16.7 Å². The molecule has 5 heteroatoms. The fourth-order valence-corrected chi connectivity index (χ4v) is 3.47. The molecule has 0 fully saturated rings. The minimum Gasteiger partial charge on any atom is -0.325 e. The van der Waals surface area contributed by atoms with E-state index in [1.165, 1.54) is 11.1 Å². The van der Waals surface area contributed by atoms with Crippen molar-refractivity contribution in [3.8, 4) is 5.40 Å². The first-order valence-electron chi connectivity index (χ1n) is 7.16. The first-order chi connectivity index (χ1) is 11.0. The highest BCUT2D eigenvalue weighted by Gasteiger charge is 2.08. The Hall–Kier alpha value is -1.90. The summed E-state index contributed by atoms with van der Waals surface area (Å²) in [6, 6.07) is 11.8. The molecular formula is C18H18N2OS2. The number of thiocyanates is 1.